The number of nitrogens with one attached hydrogen (secondary N) is 2. The van der Waals surface area contributed by atoms with Crippen molar-refractivity contribution in [3.8, 4) is 0 Å². The van der Waals surface area contributed by atoms with E-state index in [4.69, 9.17) is 0 Å². The van der Waals surface area contributed by atoms with E-state index >= 15 is 0 Å². The smallest absolute Gasteiger partial charge is 0.227 e. The van der Waals surface area contributed by atoms with Gasteiger partial charge in [-0.3, -0.25) is 4.79 Å². The van der Waals surface area contributed by atoms with E-state index in [0.29, 0.717) is 17.9 Å². The molecule has 0 aromatic carbocycles. The Hall–Kier alpha value is -0.610. The first-order chi connectivity index (χ1) is 9.45. The Morgan fingerprint density at radius 2 is 2.15 bits per heavy atom. The predicted octanol–water partition coefficient (Wildman–Crippen LogP) is 1.47. The largest absolute Gasteiger partial charge is 0.355 e. The topological polar surface area (TPSA) is 44.4 Å². The highest BCUT2D eigenvalue weighted by Crippen LogP contribution is 2.34. The summed E-state index contributed by atoms with van der Waals surface area (Å²) in [7, 11) is 0. The zero-order valence-electron chi connectivity index (χ0n) is 13.5. The fourth-order valence-electron chi connectivity index (χ4n) is 3.57. The summed E-state index contributed by atoms with van der Waals surface area (Å²) in [5, 5.41) is 6.60. The molecular weight excluding hydrogens is 250 g/mol. The lowest BCUT2D eigenvalue weighted by Crippen LogP contribution is -2.47. The van der Waals surface area contributed by atoms with Crippen LogP contribution in [0.1, 0.15) is 40.5 Å². The maximum Gasteiger partial charge on any atom is 0.227 e. The second kappa shape index (κ2) is 6.44. The van der Waals surface area contributed by atoms with Crippen molar-refractivity contribution in [1.82, 2.24) is 15.5 Å². The number of carbonyl (C=O) groups is 1. The minimum Gasteiger partial charge on any atom is -0.355 e. The number of carbonyl (C=O) groups excluding carboxylic acids is 1. The van der Waals surface area contributed by atoms with Gasteiger partial charge in [0.25, 0.3) is 0 Å². The molecule has 0 aliphatic carbocycles. The predicted molar refractivity (Wildman–Crippen MR) is 82.6 cm³/mol. The lowest BCUT2D eigenvalue weighted by atomic mass is 9.75. The summed E-state index contributed by atoms with van der Waals surface area (Å²) in [4.78, 5) is 15.1. The van der Waals surface area contributed by atoms with Crippen LogP contribution in [0.4, 0.5) is 0 Å². The standard InChI is InChI=1S/C16H31N3O/c1-12(2)16(6-7-17-11-16)15(20)18-9-14-5-8-19(10-14)13(3)4/h12-14,17H,5-11H2,1-4H3,(H,18,20). The van der Waals surface area contributed by atoms with E-state index in [-0.39, 0.29) is 11.3 Å². The molecular formula is C16H31N3O. The number of hydrogen-bond acceptors (Lipinski definition) is 3. The SMILES string of the molecule is CC(C)N1CCC(CNC(=O)C2(C(C)C)CCNC2)C1. The molecule has 2 aliphatic heterocycles. The number of amides is 1. The molecule has 4 nitrogen and oxygen atoms in total. The summed E-state index contributed by atoms with van der Waals surface area (Å²) in [6.07, 6.45) is 2.19. The Bertz CT molecular complexity index is 335. The van der Waals surface area contributed by atoms with Crippen LogP contribution in [0, 0.1) is 17.3 Å². The van der Waals surface area contributed by atoms with E-state index in [2.05, 4.69) is 43.2 Å². The van der Waals surface area contributed by atoms with E-state index in [1.807, 2.05) is 0 Å². The van der Waals surface area contributed by atoms with Gasteiger partial charge in [-0.2, -0.15) is 0 Å². The molecule has 2 saturated heterocycles. The normalized spacial score (nSPS) is 31.4. The van der Waals surface area contributed by atoms with Crippen LogP contribution in [-0.2, 0) is 4.79 Å². The van der Waals surface area contributed by atoms with E-state index in [1.54, 1.807) is 0 Å². The molecule has 0 radical (unpaired) electrons. The molecule has 2 unspecified atom stereocenters. The van der Waals surface area contributed by atoms with Gasteiger partial charge in [0, 0.05) is 25.7 Å². The maximum absolute atomic E-state index is 12.6. The third-order valence-electron chi connectivity index (χ3n) is 5.34. The lowest BCUT2D eigenvalue weighted by Gasteiger charge is -2.31. The Morgan fingerprint density at radius 3 is 2.65 bits per heavy atom. The highest BCUT2D eigenvalue weighted by molar-refractivity contribution is 5.83. The Kier molecular flexibility index (Phi) is 5.08. The molecule has 0 aromatic heterocycles. The van der Waals surface area contributed by atoms with Crippen molar-refractivity contribution in [1.29, 1.82) is 0 Å². The van der Waals surface area contributed by atoms with Gasteiger partial charge in [0.05, 0.1) is 5.41 Å². The Morgan fingerprint density at radius 1 is 1.40 bits per heavy atom. The fraction of sp³-hybridized carbons (Fsp3) is 0.938. The van der Waals surface area contributed by atoms with Crippen molar-refractivity contribution in [3.05, 3.63) is 0 Å². The molecule has 2 fully saturated rings. The van der Waals surface area contributed by atoms with Crippen molar-refractivity contribution >= 4 is 5.91 Å². The number of hydrogen-bond donors (Lipinski definition) is 2. The zero-order chi connectivity index (χ0) is 14.8. The third-order valence-corrected chi connectivity index (χ3v) is 5.34. The van der Waals surface area contributed by atoms with Crippen molar-refractivity contribution in [3.63, 3.8) is 0 Å². The quantitative estimate of drug-likeness (QED) is 0.802. The third kappa shape index (κ3) is 3.17. The Labute approximate surface area is 123 Å². The number of likely N-dealkylation sites (tertiary alicyclic amines) is 1. The summed E-state index contributed by atoms with van der Waals surface area (Å²) in [6.45, 7) is 13.8. The van der Waals surface area contributed by atoms with Gasteiger partial charge in [0.1, 0.15) is 0 Å². The summed E-state index contributed by atoms with van der Waals surface area (Å²) in [6, 6.07) is 0.622. The van der Waals surface area contributed by atoms with Crippen LogP contribution in [-0.4, -0.2) is 49.6 Å². The first-order valence-corrected chi connectivity index (χ1v) is 8.19. The highest BCUT2D eigenvalue weighted by Gasteiger charge is 2.43. The fourth-order valence-corrected chi connectivity index (χ4v) is 3.57. The summed E-state index contributed by atoms with van der Waals surface area (Å²) >= 11 is 0. The van der Waals surface area contributed by atoms with Crippen LogP contribution in [0.2, 0.25) is 0 Å². The second-order valence-electron chi connectivity index (χ2n) is 7.19. The van der Waals surface area contributed by atoms with Gasteiger partial charge in [0.2, 0.25) is 5.91 Å². The molecule has 0 aromatic rings. The molecule has 2 atom stereocenters. The van der Waals surface area contributed by atoms with Gasteiger partial charge in [-0.25, -0.2) is 0 Å². The molecule has 0 bridgehead atoms. The van der Waals surface area contributed by atoms with Gasteiger partial charge in [-0.05, 0) is 51.6 Å². The Balaban J connectivity index is 1.83. The molecule has 2 rings (SSSR count). The molecule has 116 valence electrons. The first kappa shape index (κ1) is 15.8. The van der Waals surface area contributed by atoms with E-state index < -0.39 is 0 Å². The molecule has 1 amide bonds. The molecule has 20 heavy (non-hydrogen) atoms. The monoisotopic (exact) mass is 281 g/mol. The summed E-state index contributed by atoms with van der Waals surface area (Å²) in [5.41, 5.74) is -0.184. The zero-order valence-corrected chi connectivity index (χ0v) is 13.5. The van der Waals surface area contributed by atoms with Crippen LogP contribution in [0.25, 0.3) is 0 Å². The maximum atomic E-state index is 12.6. The van der Waals surface area contributed by atoms with Gasteiger partial charge >= 0.3 is 0 Å². The minimum atomic E-state index is -0.184. The van der Waals surface area contributed by atoms with Gasteiger partial charge in [0.15, 0.2) is 0 Å². The first-order valence-electron chi connectivity index (χ1n) is 8.19. The summed E-state index contributed by atoms with van der Waals surface area (Å²) < 4.78 is 0. The molecule has 2 heterocycles. The highest BCUT2D eigenvalue weighted by atomic mass is 16.2. The van der Waals surface area contributed by atoms with Crippen LogP contribution in [0.3, 0.4) is 0 Å². The van der Waals surface area contributed by atoms with Gasteiger partial charge in [-0.1, -0.05) is 13.8 Å². The second-order valence-corrected chi connectivity index (χ2v) is 7.19. The molecule has 0 spiro atoms. The molecule has 0 saturated carbocycles. The lowest BCUT2D eigenvalue weighted by molar-refractivity contribution is -0.132. The molecule has 2 aliphatic rings. The van der Waals surface area contributed by atoms with Crippen LogP contribution in [0.5, 0.6) is 0 Å². The molecule has 4 heteroatoms. The van der Waals surface area contributed by atoms with E-state index in [1.165, 1.54) is 13.0 Å². The van der Waals surface area contributed by atoms with Gasteiger partial charge in [-0.15, -0.1) is 0 Å². The van der Waals surface area contributed by atoms with E-state index in [9.17, 15) is 4.79 Å². The van der Waals surface area contributed by atoms with Crippen molar-refractivity contribution in [2.45, 2.75) is 46.6 Å². The average Bonchev–Trinajstić information content (AvgIpc) is 3.05. The minimum absolute atomic E-state index is 0.184. The summed E-state index contributed by atoms with van der Waals surface area (Å²) in [5.74, 6) is 1.29. The number of rotatable bonds is 5. The number of nitrogens with zero attached hydrogens (tertiary/aromatic N) is 1. The van der Waals surface area contributed by atoms with Crippen molar-refractivity contribution in [2.24, 2.45) is 17.3 Å². The van der Waals surface area contributed by atoms with Crippen LogP contribution >= 0.6 is 0 Å². The van der Waals surface area contributed by atoms with Crippen molar-refractivity contribution in [2.75, 3.05) is 32.7 Å². The molecule has 2 N–H and O–H groups in total. The van der Waals surface area contributed by atoms with Crippen molar-refractivity contribution < 1.29 is 4.79 Å². The van der Waals surface area contributed by atoms with E-state index in [0.717, 1.165) is 32.6 Å². The van der Waals surface area contributed by atoms with Crippen LogP contribution in [0.15, 0.2) is 0 Å². The average molecular weight is 281 g/mol. The van der Waals surface area contributed by atoms with Gasteiger partial charge < -0.3 is 15.5 Å². The van der Waals surface area contributed by atoms with Crippen LogP contribution < -0.4 is 10.6 Å².